The fourth-order valence-corrected chi connectivity index (χ4v) is 7.10. The molecule has 41 heavy (non-hydrogen) atoms. The van der Waals surface area contributed by atoms with Gasteiger partial charge >= 0.3 is 5.69 Å². The molecule has 0 bridgehead atoms. The number of aryl methyl sites for hydroxylation is 2. The Balaban J connectivity index is 1.54. The van der Waals surface area contributed by atoms with Gasteiger partial charge in [0.2, 0.25) is 5.91 Å². The molecule has 2 N–H and O–H groups in total. The van der Waals surface area contributed by atoms with Gasteiger partial charge in [-0.05, 0) is 69.2 Å². The standard InChI is InChI=1S/C28H31FN6O5S/c1-15-3-4-17(29)13-20(15)22(40-19-7-5-18(36)6-8-19)14-33-27-23(16(2)26(41-27)35-31-11-12-32-35)25(38)34(28(33)39)21-9-10-30-24(21)37/h3-4,11-13,18-19,21-22,36H,5-10,14H2,1-2H3,(H,30,37)/t18?,19?,21-,22+/m1/s1. The van der Waals surface area contributed by atoms with Gasteiger partial charge in [0.05, 0.1) is 36.5 Å². The Labute approximate surface area is 238 Å². The van der Waals surface area contributed by atoms with E-state index >= 15 is 0 Å². The molecule has 2 fully saturated rings. The molecule has 2 atom stereocenters. The van der Waals surface area contributed by atoms with Crippen LogP contribution in [0.1, 0.15) is 60.9 Å². The van der Waals surface area contributed by atoms with Crippen molar-refractivity contribution in [3.05, 3.63) is 73.9 Å². The summed E-state index contributed by atoms with van der Waals surface area (Å²) in [6.07, 6.45) is 4.49. The number of rotatable bonds is 7. The third kappa shape index (κ3) is 5.02. The minimum atomic E-state index is -0.939. The zero-order valence-electron chi connectivity index (χ0n) is 22.7. The van der Waals surface area contributed by atoms with Crippen molar-refractivity contribution < 1.29 is 19.0 Å². The van der Waals surface area contributed by atoms with Crippen LogP contribution in [0.2, 0.25) is 0 Å². The second kappa shape index (κ2) is 11.0. The minimum absolute atomic E-state index is 0.0147. The SMILES string of the molecule is Cc1ccc(F)cc1[C@H](Cn1c(=O)n([C@@H]2CCNC2=O)c(=O)c2c(C)c(-n3nccn3)sc21)OC1CCC(O)CC1. The lowest BCUT2D eigenvalue weighted by Gasteiger charge is -2.31. The number of nitrogens with zero attached hydrogens (tertiary/aromatic N) is 5. The summed E-state index contributed by atoms with van der Waals surface area (Å²) in [5.74, 6) is -0.811. The molecule has 1 aromatic carbocycles. The molecule has 4 aromatic rings. The quantitative estimate of drug-likeness (QED) is 0.342. The van der Waals surface area contributed by atoms with Gasteiger partial charge in [-0.2, -0.15) is 10.2 Å². The molecule has 1 amide bonds. The predicted molar refractivity (Wildman–Crippen MR) is 150 cm³/mol. The number of halogens is 1. The maximum absolute atomic E-state index is 14.5. The number of amides is 1. The molecule has 2 aliphatic rings. The average molecular weight is 583 g/mol. The van der Waals surface area contributed by atoms with Crippen LogP contribution in [0.15, 0.2) is 40.2 Å². The predicted octanol–water partition coefficient (Wildman–Crippen LogP) is 2.68. The Hall–Kier alpha value is -3.68. The number of ether oxygens (including phenoxy) is 1. The molecule has 6 rings (SSSR count). The first-order valence-electron chi connectivity index (χ1n) is 13.7. The fourth-order valence-electron chi connectivity index (χ4n) is 5.88. The summed E-state index contributed by atoms with van der Waals surface area (Å²) in [6, 6.07) is 3.53. The highest BCUT2D eigenvalue weighted by molar-refractivity contribution is 7.21. The highest BCUT2D eigenvalue weighted by Crippen LogP contribution is 2.34. The van der Waals surface area contributed by atoms with Crippen LogP contribution in [0, 0.1) is 19.7 Å². The van der Waals surface area contributed by atoms with E-state index in [4.69, 9.17) is 4.74 Å². The molecule has 0 unspecified atom stereocenters. The number of aromatic nitrogens is 5. The van der Waals surface area contributed by atoms with Gasteiger partial charge < -0.3 is 15.2 Å². The van der Waals surface area contributed by atoms with Crippen LogP contribution < -0.4 is 16.6 Å². The lowest BCUT2D eigenvalue weighted by molar-refractivity contribution is -0.122. The van der Waals surface area contributed by atoms with Crippen molar-refractivity contribution in [2.75, 3.05) is 6.54 Å². The third-order valence-electron chi connectivity index (χ3n) is 8.09. The number of benzene rings is 1. The van der Waals surface area contributed by atoms with E-state index in [-0.39, 0.29) is 24.7 Å². The molecule has 11 nitrogen and oxygen atoms in total. The van der Waals surface area contributed by atoms with Crippen molar-refractivity contribution >= 4 is 27.5 Å². The van der Waals surface area contributed by atoms with Gasteiger partial charge in [-0.15, -0.1) is 4.80 Å². The van der Waals surface area contributed by atoms with Gasteiger partial charge in [-0.1, -0.05) is 17.4 Å². The summed E-state index contributed by atoms with van der Waals surface area (Å²) in [6.45, 7) is 3.97. The summed E-state index contributed by atoms with van der Waals surface area (Å²) in [4.78, 5) is 42.5. The number of nitrogens with one attached hydrogen (secondary N) is 1. The van der Waals surface area contributed by atoms with Crippen molar-refractivity contribution in [3.8, 4) is 5.00 Å². The Morgan fingerprint density at radius 1 is 1.12 bits per heavy atom. The summed E-state index contributed by atoms with van der Waals surface area (Å²) >= 11 is 1.20. The number of hydrogen-bond donors (Lipinski definition) is 2. The molecule has 4 heterocycles. The highest BCUT2D eigenvalue weighted by Gasteiger charge is 2.33. The molecule has 0 radical (unpaired) electrons. The fraction of sp³-hybridized carbons (Fsp3) is 0.464. The normalized spacial score (nSPS) is 21.9. The van der Waals surface area contributed by atoms with E-state index in [1.54, 1.807) is 13.0 Å². The van der Waals surface area contributed by atoms with Crippen LogP contribution in [-0.2, 0) is 16.1 Å². The molecule has 216 valence electrons. The summed E-state index contributed by atoms with van der Waals surface area (Å²) in [7, 11) is 0. The van der Waals surface area contributed by atoms with Crippen molar-refractivity contribution in [2.45, 2.75) is 76.9 Å². The largest absolute Gasteiger partial charge is 0.393 e. The molecule has 1 aliphatic heterocycles. The third-order valence-corrected chi connectivity index (χ3v) is 9.37. The van der Waals surface area contributed by atoms with Gasteiger partial charge in [0.25, 0.3) is 5.56 Å². The number of hydrogen-bond acceptors (Lipinski definition) is 8. The molecule has 0 spiro atoms. The molecule has 13 heteroatoms. The van der Waals surface area contributed by atoms with Gasteiger partial charge in [0.15, 0.2) is 0 Å². The van der Waals surface area contributed by atoms with Crippen LogP contribution >= 0.6 is 11.3 Å². The van der Waals surface area contributed by atoms with Crippen molar-refractivity contribution in [1.82, 2.24) is 29.4 Å². The topological polar surface area (TPSA) is 133 Å². The van der Waals surface area contributed by atoms with E-state index in [1.165, 1.54) is 45.2 Å². The van der Waals surface area contributed by atoms with Gasteiger partial charge in [-0.3, -0.25) is 14.2 Å². The summed E-state index contributed by atoms with van der Waals surface area (Å²) in [5.41, 5.74) is 0.801. The van der Waals surface area contributed by atoms with Crippen molar-refractivity contribution in [3.63, 3.8) is 0 Å². The monoisotopic (exact) mass is 582 g/mol. The first kappa shape index (κ1) is 27.5. The number of aliphatic hydroxyl groups excluding tert-OH is 1. The first-order valence-corrected chi connectivity index (χ1v) is 14.6. The number of fused-ring (bicyclic) bond motifs is 1. The van der Waals surface area contributed by atoms with Crippen LogP contribution in [0.25, 0.3) is 15.2 Å². The summed E-state index contributed by atoms with van der Waals surface area (Å²) in [5, 5.41) is 22.0. The van der Waals surface area contributed by atoms with E-state index in [9.17, 15) is 23.9 Å². The number of carbonyl (C=O) groups excluding carboxylic acids is 1. The second-order valence-electron chi connectivity index (χ2n) is 10.8. The Morgan fingerprint density at radius 3 is 2.54 bits per heavy atom. The van der Waals surface area contributed by atoms with E-state index in [0.717, 1.165) is 10.1 Å². The van der Waals surface area contributed by atoms with E-state index in [0.29, 0.717) is 65.0 Å². The highest BCUT2D eigenvalue weighted by atomic mass is 32.1. The lowest BCUT2D eigenvalue weighted by atomic mass is 9.94. The summed E-state index contributed by atoms with van der Waals surface area (Å²) < 4.78 is 23.6. The van der Waals surface area contributed by atoms with E-state index < -0.39 is 29.2 Å². The molecule has 1 aliphatic carbocycles. The van der Waals surface area contributed by atoms with Crippen LogP contribution in [0.3, 0.4) is 0 Å². The second-order valence-corrected chi connectivity index (χ2v) is 11.7. The minimum Gasteiger partial charge on any atom is -0.393 e. The Morgan fingerprint density at radius 2 is 1.85 bits per heavy atom. The van der Waals surface area contributed by atoms with Crippen molar-refractivity contribution in [2.24, 2.45) is 0 Å². The number of carbonyl (C=O) groups is 1. The van der Waals surface area contributed by atoms with Gasteiger partial charge in [-0.25, -0.2) is 13.8 Å². The van der Waals surface area contributed by atoms with Crippen LogP contribution in [0.5, 0.6) is 0 Å². The molecular formula is C28H31FN6O5S. The number of thiophene rings is 1. The maximum atomic E-state index is 14.5. The average Bonchev–Trinajstić information content (AvgIpc) is 3.70. The zero-order chi connectivity index (χ0) is 28.8. The Bertz CT molecular complexity index is 1720. The molecular weight excluding hydrogens is 551 g/mol. The van der Waals surface area contributed by atoms with E-state index in [1.807, 2.05) is 6.92 Å². The zero-order valence-corrected chi connectivity index (χ0v) is 23.6. The maximum Gasteiger partial charge on any atom is 0.332 e. The lowest BCUT2D eigenvalue weighted by Crippen LogP contribution is -2.44. The first-order chi connectivity index (χ1) is 19.7. The van der Waals surface area contributed by atoms with E-state index in [2.05, 4.69) is 15.5 Å². The molecule has 1 saturated carbocycles. The van der Waals surface area contributed by atoms with Crippen molar-refractivity contribution in [1.29, 1.82) is 0 Å². The van der Waals surface area contributed by atoms with Crippen LogP contribution in [-0.4, -0.2) is 53.9 Å². The van der Waals surface area contributed by atoms with Crippen LogP contribution in [0.4, 0.5) is 4.39 Å². The Kier molecular flexibility index (Phi) is 7.34. The molecule has 1 saturated heterocycles. The van der Waals surface area contributed by atoms with Gasteiger partial charge in [0, 0.05) is 12.1 Å². The molecule has 3 aromatic heterocycles. The smallest absolute Gasteiger partial charge is 0.332 e. The van der Waals surface area contributed by atoms with Gasteiger partial charge in [0.1, 0.15) is 27.8 Å². The number of aliphatic hydroxyl groups is 1.